The highest BCUT2D eigenvalue weighted by Crippen LogP contribution is 2.40. The van der Waals surface area contributed by atoms with Crippen LogP contribution in [0, 0.1) is 6.92 Å². The molecule has 0 unspecified atom stereocenters. The zero-order valence-corrected chi connectivity index (χ0v) is 15.6. The van der Waals surface area contributed by atoms with Crippen LogP contribution in [0.3, 0.4) is 0 Å². The largest absolute Gasteiger partial charge is 0.329 e. The Bertz CT molecular complexity index is 652. The molecule has 3 rings (SSSR count). The van der Waals surface area contributed by atoms with Gasteiger partial charge in [0.15, 0.2) is 0 Å². The first-order valence-corrected chi connectivity index (χ1v) is 9.34. The molecule has 0 saturated heterocycles. The Morgan fingerprint density at radius 1 is 1.32 bits per heavy atom. The molecule has 0 amide bonds. The topological polar surface area (TPSA) is 47.9 Å². The van der Waals surface area contributed by atoms with Crippen LogP contribution in [0.4, 0.5) is 0 Å². The molecule has 0 spiro atoms. The Kier molecular flexibility index (Phi) is 5.35. The molecule has 114 valence electrons. The molecular formula is C15H17BIN3OS. The first-order valence-electron chi connectivity index (χ1n) is 7.29. The lowest BCUT2D eigenvalue weighted by Crippen LogP contribution is -2.05. The fourth-order valence-corrected chi connectivity index (χ4v) is 3.91. The Labute approximate surface area is 148 Å². The summed E-state index contributed by atoms with van der Waals surface area (Å²) in [6.07, 6.45) is 7.18. The molecule has 0 aromatic carbocycles. The summed E-state index contributed by atoms with van der Waals surface area (Å²) in [4.78, 5) is 13.4. The average Bonchev–Trinajstić information content (AvgIpc) is 3.32. The number of halogens is 1. The molecule has 7 heteroatoms. The predicted octanol–water partition coefficient (Wildman–Crippen LogP) is 4.02. The van der Waals surface area contributed by atoms with Gasteiger partial charge >= 0.3 is 3.85 Å². The molecule has 0 N–H and O–H groups in total. The highest BCUT2D eigenvalue weighted by Gasteiger charge is 2.26. The smallest absolute Gasteiger partial charge is 0.321 e. The van der Waals surface area contributed by atoms with E-state index in [0.29, 0.717) is 9.77 Å². The van der Waals surface area contributed by atoms with Crippen LogP contribution >= 0.6 is 34.3 Å². The monoisotopic (exact) mass is 425 g/mol. The lowest BCUT2D eigenvalue weighted by molar-refractivity contribution is 0.497. The van der Waals surface area contributed by atoms with Crippen molar-refractivity contribution in [2.45, 2.75) is 32.0 Å². The van der Waals surface area contributed by atoms with Crippen LogP contribution in [0.25, 0.3) is 11.3 Å². The van der Waals surface area contributed by atoms with Crippen molar-refractivity contribution < 1.29 is 4.18 Å². The normalized spacial score (nSPS) is 14.1. The standard InChI is InChI=1S/C15H17BIN3OS/c1-10-18-8-13(9-19-10)15-6-11(7-16(17)22-21-2)5-14(20-15)12-3-4-12/h5-6,8-9,12H,3-4,7H2,1-2H3. The third-order valence-electron chi connectivity index (χ3n) is 3.57. The van der Waals surface area contributed by atoms with E-state index in [1.807, 2.05) is 19.3 Å². The van der Waals surface area contributed by atoms with Crippen molar-refractivity contribution in [2.75, 3.05) is 7.11 Å². The van der Waals surface area contributed by atoms with Gasteiger partial charge in [-0.05, 0) is 43.8 Å². The molecule has 1 saturated carbocycles. The molecule has 1 aliphatic carbocycles. The van der Waals surface area contributed by atoms with E-state index >= 15 is 0 Å². The highest BCUT2D eigenvalue weighted by molar-refractivity contribution is 14.1. The Morgan fingerprint density at radius 2 is 2.05 bits per heavy atom. The van der Waals surface area contributed by atoms with E-state index in [1.54, 1.807) is 7.11 Å². The summed E-state index contributed by atoms with van der Waals surface area (Å²) in [6.45, 7) is 1.89. The fourth-order valence-electron chi connectivity index (χ4n) is 2.31. The summed E-state index contributed by atoms with van der Waals surface area (Å²) in [5.41, 5.74) is 4.47. The summed E-state index contributed by atoms with van der Waals surface area (Å²) < 4.78 is 5.56. The van der Waals surface area contributed by atoms with E-state index in [4.69, 9.17) is 9.17 Å². The van der Waals surface area contributed by atoms with E-state index in [0.717, 1.165) is 23.4 Å². The molecule has 2 heterocycles. The van der Waals surface area contributed by atoms with Gasteiger partial charge in [-0.3, -0.25) is 4.98 Å². The van der Waals surface area contributed by atoms with E-state index in [9.17, 15) is 0 Å². The van der Waals surface area contributed by atoms with Gasteiger partial charge < -0.3 is 4.18 Å². The van der Waals surface area contributed by atoms with Gasteiger partial charge in [0, 0.05) is 36.7 Å². The van der Waals surface area contributed by atoms with Gasteiger partial charge in [-0.1, -0.05) is 11.9 Å². The predicted molar refractivity (Wildman–Crippen MR) is 100 cm³/mol. The lowest BCUT2D eigenvalue weighted by atomic mass is 9.93. The van der Waals surface area contributed by atoms with Crippen molar-refractivity contribution >= 4 is 38.1 Å². The van der Waals surface area contributed by atoms with Gasteiger partial charge in [-0.2, -0.15) is 0 Å². The average molecular weight is 425 g/mol. The maximum Gasteiger partial charge on any atom is 0.321 e. The number of nitrogens with zero attached hydrogens (tertiary/aromatic N) is 3. The molecule has 2 aromatic heterocycles. The minimum atomic E-state index is 0.388. The SMILES string of the molecule is COSB(I)Cc1cc(-c2cnc(C)nc2)nc(C2CC2)c1. The van der Waals surface area contributed by atoms with E-state index in [2.05, 4.69) is 44.5 Å². The van der Waals surface area contributed by atoms with Crippen molar-refractivity contribution in [3.05, 3.63) is 41.6 Å². The zero-order valence-electron chi connectivity index (χ0n) is 12.6. The van der Waals surface area contributed by atoms with Crippen LogP contribution in [0.1, 0.15) is 35.8 Å². The molecule has 1 aliphatic rings. The number of aromatic nitrogens is 3. The molecular weight excluding hydrogens is 408 g/mol. The zero-order chi connectivity index (χ0) is 15.5. The second-order valence-corrected chi connectivity index (χ2v) is 8.90. The van der Waals surface area contributed by atoms with E-state index in [-0.39, 0.29) is 0 Å². The number of pyridine rings is 1. The Morgan fingerprint density at radius 3 is 2.68 bits per heavy atom. The number of hydrogen-bond donors (Lipinski definition) is 0. The summed E-state index contributed by atoms with van der Waals surface area (Å²) in [5, 5.41) is 0. The van der Waals surface area contributed by atoms with Crippen molar-refractivity contribution in [3.63, 3.8) is 0 Å². The van der Waals surface area contributed by atoms with Crippen molar-refractivity contribution in [1.29, 1.82) is 0 Å². The van der Waals surface area contributed by atoms with Crippen LogP contribution in [0.5, 0.6) is 0 Å². The van der Waals surface area contributed by atoms with Crippen LogP contribution in [0.15, 0.2) is 24.5 Å². The molecule has 0 bridgehead atoms. The van der Waals surface area contributed by atoms with Gasteiger partial charge in [0.05, 0.1) is 5.69 Å². The van der Waals surface area contributed by atoms with Crippen molar-refractivity contribution in [1.82, 2.24) is 15.0 Å². The van der Waals surface area contributed by atoms with Crippen LogP contribution < -0.4 is 0 Å². The van der Waals surface area contributed by atoms with Crippen molar-refractivity contribution in [3.8, 4) is 11.3 Å². The molecule has 0 aliphatic heterocycles. The maximum absolute atomic E-state index is 5.17. The maximum atomic E-state index is 5.17. The van der Waals surface area contributed by atoms with Crippen LogP contribution in [0.2, 0.25) is 0 Å². The lowest BCUT2D eigenvalue weighted by Gasteiger charge is -2.10. The highest BCUT2D eigenvalue weighted by atomic mass is 127. The summed E-state index contributed by atoms with van der Waals surface area (Å²) in [7, 11) is 1.72. The first kappa shape index (κ1) is 16.2. The Hall–Kier alpha value is -0.665. The third kappa shape index (κ3) is 4.20. The second kappa shape index (κ2) is 7.27. The van der Waals surface area contributed by atoms with E-state index in [1.165, 1.54) is 36.0 Å². The van der Waals surface area contributed by atoms with Crippen molar-refractivity contribution in [2.24, 2.45) is 0 Å². The number of rotatable bonds is 6. The summed E-state index contributed by atoms with van der Waals surface area (Å²) in [6, 6.07) is 4.40. The molecule has 22 heavy (non-hydrogen) atoms. The van der Waals surface area contributed by atoms with Gasteiger partial charge in [0.1, 0.15) is 5.82 Å². The van der Waals surface area contributed by atoms with Crippen LogP contribution in [-0.2, 0) is 10.5 Å². The Balaban J connectivity index is 1.91. The summed E-state index contributed by atoms with van der Waals surface area (Å²) >= 11 is 3.91. The van der Waals surface area contributed by atoms with Gasteiger partial charge in [-0.15, -0.1) is 22.4 Å². The van der Waals surface area contributed by atoms with Gasteiger partial charge in [0.25, 0.3) is 0 Å². The van der Waals surface area contributed by atoms with Crippen LogP contribution in [-0.4, -0.2) is 25.9 Å². The third-order valence-corrected chi connectivity index (χ3v) is 5.21. The second-order valence-electron chi connectivity index (χ2n) is 5.46. The minimum Gasteiger partial charge on any atom is -0.329 e. The molecule has 2 aromatic rings. The molecule has 0 radical (unpaired) electrons. The molecule has 0 atom stereocenters. The number of hydrogen-bond acceptors (Lipinski definition) is 5. The molecule has 1 fully saturated rings. The fraction of sp³-hybridized carbons (Fsp3) is 0.400. The molecule has 4 nitrogen and oxygen atoms in total. The first-order chi connectivity index (χ1) is 10.7. The summed E-state index contributed by atoms with van der Waals surface area (Å²) in [5.74, 6) is 1.42. The quantitative estimate of drug-likeness (QED) is 0.398. The number of aryl methyl sites for hydroxylation is 1. The van der Waals surface area contributed by atoms with E-state index < -0.39 is 0 Å². The van der Waals surface area contributed by atoms with Gasteiger partial charge in [0.2, 0.25) is 0 Å². The van der Waals surface area contributed by atoms with Gasteiger partial charge in [-0.25, -0.2) is 9.97 Å². The minimum absolute atomic E-state index is 0.388.